The van der Waals surface area contributed by atoms with E-state index in [0.717, 1.165) is 24.1 Å². The Hall–Kier alpha value is -3.29. The third kappa shape index (κ3) is 5.16. The van der Waals surface area contributed by atoms with Crippen LogP contribution in [0.15, 0.2) is 54.6 Å². The maximum atomic E-state index is 12.4. The van der Waals surface area contributed by atoms with E-state index in [0.29, 0.717) is 29.1 Å². The molecule has 150 valence electrons. The number of halogens is 3. The zero-order chi connectivity index (χ0) is 20.4. The number of ether oxygens (including phenoxy) is 1. The van der Waals surface area contributed by atoms with Crippen LogP contribution in [0.3, 0.4) is 0 Å². The Kier molecular flexibility index (Phi) is 5.00. The summed E-state index contributed by atoms with van der Waals surface area (Å²) in [6, 6.07) is 16.1. The van der Waals surface area contributed by atoms with Crippen molar-refractivity contribution in [2.75, 3.05) is 10.6 Å². The molecule has 5 nitrogen and oxygen atoms in total. The van der Waals surface area contributed by atoms with Crippen LogP contribution < -0.4 is 15.4 Å². The molecule has 3 aromatic rings. The highest BCUT2D eigenvalue weighted by molar-refractivity contribution is 5.69. The molecule has 2 aromatic carbocycles. The number of anilines is 3. The average molecular weight is 400 g/mol. The fraction of sp³-hybridized carbons (Fsp3) is 0.238. The second kappa shape index (κ2) is 7.62. The Morgan fingerprint density at radius 3 is 2.41 bits per heavy atom. The molecule has 1 saturated carbocycles. The zero-order valence-electron chi connectivity index (χ0n) is 15.6. The summed E-state index contributed by atoms with van der Waals surface area (Å²) in [7, 11) is 0. The van der Waals surface area contributed by atoms with E-state index in [2.05, 4.69) is 25.3 Å². The largest absolute Gasteiger partial charge is 0.573 e. The summed E-state index contributed by atoms with van der Waals surface area (Å²) >= 11 is 0. The third-order valence-corrected chi connectivity index (χ3v) is 4.40. The maximum absolute atomic E-state index is 12.4. The summed E-state index contributed by atoms with van der Waals surface area (Å²) in [6.45, 7) is 1.70. The minimum atomic E-state index is -4.72. The molecule has 29 heavy (non-hydrogen) atoms. The number of nitrogens with one attached hydrogen (secondary N) is 2. The van der Waals surface area contributed by atoms with E-state index in [4.69, 9.17) is 0 Å². The van der Waals surface area contributed by atoms with Gasteiger partial charge in [-0.3, -0.25) is 0 Å². The van der Waals surface area contributed by atoms with E-state index in [-0.39, 0.29) is 5.75 Å². The van der Waals surface area contributed by atoms with Crippen molar-refractivity contribution in [3.8, 4) is 17.0 Å². The molecule has 0 bridgehead atoms. The first-order chi connectivity index (χ1) is 13.9. The van der Waals surface area contributed by atoms with Gasteiger partial charge in [-0.25, -0.2) is 4.98 Å². The van der Waals surface area contributed by atoms with Crippen LogP contribution in [-0.4, -0.2) is 22.4 Å². The number of hydrogen-bond acceptors (Lipinski definition) is 5. The molecule has 1 fully saturated rings. The molecule has 0 amide bonds. The minimum Gasteiger partial charge on any atom is -0.406 e. The summed E-state index contributed by atoms with van der Waals surface area (Å²) in [5.41, 5.74) is 2.93. The van der Waals surface area contributed by atoms with Crippen LogP contribution in [0, 0.1) is 6.92 Å². The van der Waals surface area contributed by atoms with Crippen LogP contribution >= 0.6 is 0 Å². The SMILES string of the molecule is Cc1cc(OC(F)(F)F)ccc1Nc1cc(-c2ccccc2)nc(NC2CC2)n1. The lowest BCUT2D eigenvalue weighted by Gasteiger charge is -2.14. The molecule has 1 heterocycles. The molecule has 1 aliphatic carbocycles. The van der Waals surface area contributed by atoms with E-state index in [1.807, 2.05) is 36.4 Å². The van der Waals surface area contributed by atoms with Gasteiger partial charge < -0.3 is 15.4 Å². The predicted molar refractivity (Wildman–Crippen MR) is 105 cm³/mol. The Morgan fingerprint density at radius 1 is 1.00 bits per heavy atom. The van der Waals surface area contributed by atoms with Gasteiger partial charge in [-0.05, 0) is 43.5 Å². The first kappa shape index (κ1) is 19.0. The normalized spacial score (nSPS) is 13.8. The summed E-state index contributed by atoms with van der Waals surface area (Å²) < 4.78 is 41.2. The molecular formula is C21H19F3N4O. The predicted octanol–water partition coefficient (Wildman–Crippen LogP) is 5.67. The van der Waals surface area contributed by atoms with Gasteiger partial charge in [0.1, 0.15) is 11.6 Å². The topological polar surface area (TPSA) is 59.1 Å². The molecule has 8 heteroatoms. The van der Waals surface area contributed by atoms with Crippen LogP contribution in [0.25, 0.3) is 11.3 Å². The van der Waals surface area contributed by atoms with E-state index in [9.17, 15) is 13.2 Å². The van der Waals surface area contributed by atoms with Crippen LogP contribution in [0.2, 0.25) is 0 Å². The van der Waals surface area contributed by atoms with Gasteiger partial charge in [0.15, 0.2) is 0 Å². The van der Waals surface area contributed by atoms with Gasteiger partial charge in [0, 0.05) is 23.4 Å². The highest BCUT2D eigenvalue weighted by atomic mass is 19.4. The van der Waals surface area contributed by atoms with E-state index >= 15 is 0 Å². The lowest BCUT2D eigenvalue weighted by Crippen LogP contribution is -2.17. The smallest absolute Gasteiger partial charge is 0.406 e. The second-order valence-electron chi connectivity index (χ2n) is 6.90. The molecule has 4 rings (SSSR count). The first-order valence-electron chi connectivity index (χ1n) is 9.20. The molecule has 0 saturated heterocycles. The fourth-order valence-electron chi connectivity index (χ4n) is 2.85. The monoisotopic (exact) mass is 400 g/mol. The van der Waals surface area contributed by atoms with E-state index in [1.165, 1.54) is 18.2 Å². The zero-order valence-corrected chi connectivity index (χ0v) is 15.6. The van der Waals surface area contributed by atoms with Gasteiger partial charge in [0.2, 0.25) is 5.95 Å². The van der Waals surface area contributed by atoms with Crippen molar-refractivity contribution in [3.63, 3.8) is 0 Å². The van der Waals surface area contributed by atoms with Gasteiger partial charge in [0.25, 0.3) is 0 Å². The molecular weight excluding hydrogens is 381 g/mol. The van der Waals surface area contributed by atoms with Gasteiger partial charge in [0.05, 0.1) is 5.69 Å². The number of aromatic nitrogens is 2. The Morgan fingerprint density at radius 2 is 1.76 bits per heavy atom. The molecule has 2 N–H and O–H groups in total. The second-order valence-corrected chi connectivity index (χ2v) is 6.90. The van der Waals surface area contributed by atoms with Crippen molar-refractivity contribution in [3.05, 3.63) is 60.2 Å². The number of nitrogens with zero attached hydrogens (tertiary/aromatic N) is 2. The van der Waals surface area contributed by atoms with Crippen LogP contribution in [0.5, 0.6) is 5.75 Å². The molecule has 1 aromatic heterocycles. The fourth-order valence-corrected chi connectivity index (χ4v) is 2.85. The van der Waals surface area contributed by atoms with Crippen molar-refractivity contribution in [2.45, 2.75) is 32.2 Å². The number of alkyl halides is 3. The Bertz CT molecular complexity index is 1000. The molecule has 1 aliphatic rings. The van der Waals surface area contributed by atoms with Gasteiger partial charge in [-0.15, -0.1) is 13.2 Å². The third-order valence-electron chi connectivity index (χ3n) is 4.40. The summed E-state index contributed by atoms with van der Waals surface area (Å²) in [5, 5.41) is 6.47. The van der Waals surface area contributed by atoms with Crippen molar-refractivity contribution >= 4 is 17.5 Å². The van der Waals surface area contributed by atoms with Crippen LogP contribution in [-0.2, 0) is 0 Å². The summed E-state index contributed by atoms with van der Waals surface area (Å²) in [4.78, 5) is 9.11. The van der Waals surface area contributed by atoms with Gasteiger partial charge in [-0.1, -0.05) is 30.3 Å². The molecule has 0 spiro atoms. The lowest BCUT2D eigenvalue weighted by molar-refractivity contribution is -0.274. The summed E-state index contributed by atoms with van der Waals surface area (Å²) in [5.74, 6) is 0.810. The van der Waals surface area contributed by atoms with Crippen LogP contribution in [0.4, 0.5) is 30.6 Å². The van der Waals surface area contributed by atoms with Crippen molar-refractivity contribution in [1.82, 2.24) is 9.97 Å². The Balaban J connectivity index is 1.62. The minimum absolute atomic E-state index is 0.260. The Labute approximate surface area is 166 Å². The number of rotatable bonds is 6. The number of hydrogen-bond donors (Lipinski definition) is 2. The summed E-state index contributed by atoms with van der Waals surface area (Å²) in [6.07, 6.45) is -2.55. The lowest BCUT2D eigenvalue weighted by atomic mass is 10.1. The quantitative estimate of drug-likeness (QED) is 0.558. The molecule has 0 unspecified atom stereocenters. The molecule has 0 aliphatic heterocycles. The van der Waals surface area contributed by atoms with Crippen molar-refractivity contribution < 1.29 is 17.9 Å². The van der Waals surface area contributed by atoms with E-state index < -0.39 is 6.36 Å². The number of benzene rings is 2. The first-order valence-corrected chi connectivity index (χ1v) is 9.20. The van der Waals surface area contributed by atoms with Gasteiger partial charge >= 0.3 is 6.36 Å². The maximum Gasteiger partial charge on any atom is 0.573 e. The van der Waals surface area contributed by atoms with Crippen LogP contribution in [0.1, 0.15) is 18.4 Å². The average Bonchev–Trinajstić information content (AvgIpc) is 3.47. The standard InChI is InChI=1S/C21H19F3N4O/c1-13-11-16(29-21(22,23)24)9-10-17(13)26-19-12-18(14-5-3-2-4-6-14)27-20(28-19)25-15-7-8-15/h2-6,9-12,15H,7-8H2,1H3,(H2,25,26,27,28). The highest BCUT2D eigenvalue weighted by Crippen LogP contribution is 2.30. The number of aryl methyl sites for hydroxylation is 1. The van der Waals surface area contributed by atoms with Crippen molar-refractivity contribution in [2.24, 2.45) is 0 Å². The molecule has 0 radical (unpaired) electrons. The van der Waals surface area contributed by atoms with E-state index in [1.54, 1.807) is 6.92 Å². The highest BCUT2D eigenvalue weighted by Gasteiger charge is 2.31. The van der Waals surface area contributed by atoms with Gasteiger partial charge in [-0.2, -0.15) is 4.98 Å². The molecule has 0 atom stereocenters. The van der Waals surface area contributed by atoms with Crippen molar-refractivity contribution in [1.29, 1.82) is 0 Å².